The number of hydrogen-bond donors (Lipinski definition) is 2. The third kappa shape index (κ3) is 5.32. The highest BCUT2D eigenvalue weighted by Gasteiger charge is 2.23. The Bertz CT molecular complexity index is 532. The number of nitrogens with zero attached hydrogens (tertiary/aromatic N) is 1. The van der Waals surface area contributed by atoms with Crippen LogP contribution in [0.5, 0.6) is 0 Å². The molecule has 0 radical (unpaired) electrons. The second-order valence-corrected chi connectivity index (χ2v) is 6.03. The van der Waals surface area contributed by atoms with E-state index in [-0.39, 0.29) is 28.3 Å². The lowest BCUT2D eigenvalue weighted by atomic mass is 9.88. The summed E-state index contributed by atoms with van der Waals surface area (Å²) < 4.78 is 0. The largest absolute Gasteiger partial charge is 0.396 e. The van der Waals surface area contributed by atoms with Crippen LogP contribution in [0.2, 0.25) is 5.02 Å². The molecular formula is C14H19ClN2O4. The van der Waals surface area contributed by atoms with Crippen molar-refractivity contribution >= 4 is 23.2 Å². The highest BCUT2D eigenvalue weighted by atomic mass is 35.5. The standard InChI is InChI=1S/C14H19ClN2O4/c1-14(2,6-3-7-18)9-16-13(19)11-5-4-10(15)8-12(11)17(20)21/h4-5,8,18H,3,6-7,9H2,1-2H3,(H,16,19). The number of carbonyl (C=O) groups is 1. The molecule has 0 unspecified atom stereocenters. The molecule has 116 valence electrons. The molecular weight excluding hydrogens is 296 g/mol. The average molecular weight is 315 g/mol. The summed E-state index contributed by atoms with van der Waals surface area (Å²) in [5.74, 6) is -0.504. The van der Waals surface area contributed by atoms with E-state index in [0.717, 1.165) is 12.5 Å². The molecule has 21 heavy (non-hydrogen) atoms. The minimum Gasteiger partial charge on any atom is -0.396 e. The summed E-state index contributed by atoms with van der Waals surface area (Å²) in [7, 11) is 0. The van der Waals surface area contributed by atoms with Crippen LogP contribution in [-0.4, -0.2) is 29.1 Å². The van der Waals surface area contributed by atoms with Crippen molar-refractivity contribution < 1.29 is 14.8 Å². The summed E-state index contributed by atoms with van der Waals surface area (Å²) in [6.07, 6.45) is 1.39. The van der Waals surface area contributed by atoms with Gasteiger partial charge in [0.25, 0.3) is 11.6 Å². The van der Waals surface area contributed by atoms with Crippen LogP contribution < -0.4 is 5.32 Å². The molecule has 0 bridgehead atoms. The number of benzene rings is 1. The monoisotopic (exact) mass is 314 g/mol. The normalized spacial score (nSPS) is 11.2. The maximum Gasteiger partial charge on any atom is 0.283 e. The molecule has 0 saturated heterocycles. The predicted octanol–water partition coefficient (Wildman–Crippen LogP) is 2.78. The summed E-state index contributed by atoms with van der Waals surface area (Å²) in [6.45, 7) is 4.38. The summed E-state index contributed by atoms with van der Waals surface area (Å²) in [5.41, 5.74) is -0.518. The molecule has 0 aromatic heterocycles. The zero-order valence-corrected chi connectivity index (χ0v) is 12.8. The van der Waals surface area contributed by atoms with Gasteiger partial charge in [-0.15, -0.1) is 0 Å². The molecule has 1 amide bonds. The van der Waals surface area contributed by atoms with Gasteiger partial charge in [0.05, 0.1) is 4.92 Å². The Morgan fingerprint density at radius 1 is 1.48 bits per heavy atom. The molecule has 6 nitrogen and oxygen atoms in total. The smallest absolute Gasteiger partial charge is 0.283 e. The topological polar surface area (TPSA) is 92.5 Å². The van der Waals surface area contributed by atoms with Crippen LogP contribution in [0.25, 0.3) is 0 Å². The van der Waals surface area contributed by atoms with Crippen molar-refractivity contribution in [3.8, 4) is 0 Å². The number of rotatable bonds is 7. The number of nitrogens with one attached hydrogen (secondary N) is 1. The lowest BCUT2D eigenvalue weighted by Crippen LogP contribution is -2.34. The quantitative estimate of drug-likeness (QED) is 0.598. The van der Waals surface area contributed by atoms with Crippen molar-refractivity contribution in [2.24, 2.45) is 5.41 Å². The third-order valence-corrected chi connectivity index (χ3v) is 3.38. The Morgan fingerprint density at radius 3 is 2.71 bits per heavy atom. The summed E-state index contributed by atoms with van der Waals surface area (Å²) in [4.78, 5) is 22.4. The van der Waals surface area contributed by atoms with E-state index in [1.165, 1.54) is 12.1 Å². The maximum atomic E-state index is 12.1. The first-order chi connectivity index (χ1) is 9.76. The highest BCUT2D eigenvalue weighted by Crippen LogP contribution is 2.24. The Hall–Kier alpha value is -1.66. The molecule has 1 rings (SSSR count). The number of aliphatic hydroxyl groups is 1. The lowest BCUT2D eigenvalue weighted by molar-refractivity contribution is -0.385. The van der Waals surface area contributed by atoms with Crippen molar-refractivity contribution in [1.82, 2.24) is 5.32 Å². The average Bonchev–Trinajstić information content (AvgIpc) is 2.42. The Kier molecular flexibility index (Phi) is 6.11. The first kappa shape index (κ1) is 17.4. The number of nitro benzene ring substituents is 1. The molecule has 0 aliphatic heterocycles. The van der Waals surface area contributed by atoms with Crippen molar-refractivity contribution in [3.05, 3.63) is 38.9 Å². The molecule has 0 aliphatic rings. The van der Waals surface area contributed by atoms with E-state index in [0.29, 0.717) is 13.0 Å². The van der Waals surface area contributed by atoms with Crippen LogP contribution in [0.15, 0.2) is 18.2 Å². The molecule has 0 atom stereocenters. The van der Waals surface area contributed by atoms with E-state index < -0.39 is 10.8 Å². The lowest BCUT2D eigenvalue weighted by Gasteiger charge is -2.24. The van der Waals surface area contributed by atoms with Crippen molar-refractivity contribution in [1.29, 1.82) is 0 Å². The van der Waals surface area contributed by atoms with E-state index in [1.54, 1.807) is 0 Å². The van der Waals surface area contributed by atoms with Crippen molar-refractivity contribution in [2.45, 2.75) is 26.7 Å². The van der Waals surface area contributed by atoms with E-state index in [9.17, 15) is 14.9 Å². The molecule has 0 saturated carbocycles. The summed E-state index contributed by atoms with van der Waals surface area (Å²) >= 11 is 5.71. The van der Waals surface area contributed by atoms with Crippen LogP contribution in [0.3, 0.4) is 0 Å². The van der Waals surface area contributed by atoms with Gasteiger partial charge >= 0.3 is 0 Å². The molecule has 0 heterocycles. The van der Waals surface area contributed by atoms with Gasteiger partial charge < -0.3 is 10.4 Å². The Labute approximate surface area is 128 Å². The predicted molar refractivity (Wildman–Crippen MR) is 80.5 cm³/mol. The zero-order chi connectivity index (χ0) is 16.0. The zero-order valence-electron chi connectivity index (χ0n) is 12.1. The number of hydrogen-bond acceptors (Lipinski definition) is 4. The van der Waals surface area contributed by atoms with Gasteiger partial charge in [0.2, 0.25) is 0 Å². The van der Waals surface area contributed by atoms with E-state index in [1.807, 2.05) is 13.8 Å². The third-order valence-electron chi connectivity index (χ3n) is 3.14. The van der Waals surface area contributed by atoms with E-state index in [2.05, 4.69) is 5.32 Å². The SMILES string of the molecule is CC(C)(CCCO)CNC(=O)c1ccc(Cl)cc1[N+](=O)[O-]. The fourth-order valence-electron chi connectivity index (χ4n) is 1.91. The second kappa shape index (κ2) is 7.38. The van der Waals surface area contributed by atoms with E-state index >= 15 is 0 Å². The van der Waals surface area contributed by atoms with Gasteiger partial charge in [-0.2, -0.15) is 0 Å². The van der Waals surface area contributed by atoms with Crippen molar-refractivity contribution in [2.75, 3.05) is 13.2 Å². The van der Waals surface area contributed by atoms with Crippen LogP contribution in [0.1, 0.15) is 37.0 Å². The Balaban J connectivity index is 2.79. The van der Waals surface area contributed by atoms with E-state index in [4.69, 9.17) is 16.7 Å². The number of halogens is 1. The van der Waals surface area contributed by atoms with Gasteiger partial charge in [0, 0.05) is 24.2 Å². The van der Waals surface area contributed by atoms with Gasteiger partial charge in [0.15, 0.2) is 0 Å². The Morgan fingerprint density at radius 2 is 2.14 bits per heavy atom. The van der Waals surface area contributed by atoms with Crippen LogP contribution in [0, 0.1) is 15.5 Å². The van der Waals surface area contributed by atoms with Gasteiger partial charge in [0.1, 0.15) is 5.56 Å². The molecule has 0 fully saturated rings. The number of carbonyl (C=O) groups excluding carboxylic acids is 1. The molecule has 1 aromatic carbocycles. The van der Waals surface area contributed by atoms with Gasteiger partial charge in [-0.1, -0.05) is 25.4 Å². The number of nitro groups is 1. The molecule has 1 aromatic rings. The summed E-state index contributed by atoms with van der Waals surface area (Å²) in [6, 6.07) is 3.95. The van der Waals surface area contributed by atoms with Crippen LogP contribution in [-0.2, 0) is 0 Å². The second-order valence-electron chi connectivity index (χ2n) is 5.59. The highest BCUT2D eigenvalue weighted by molar-refractivity contribution is 6.31. The van der Waals surface area contributed by atoms with Gasteiger partial charge in [-0.3, -0.25) is 14.9 Å². The number of aliphatic hydroxyl groups excluding tert-OH is 1. The first-order valence-corrected chi connectivity index (χ1v) is 6.97. The van der Waals surface area contributed by atoms with Crippen LogP contribution in [0.4, 0.5) is 5.69 Å². The first-order valence-electron chi connectivity index (χ1n) is 6.60. The fraction of sp³-hybridized carbons (Fsp3) is 0.500. The maximum absolute atomic E-state index is 12.1. The number of amides is 1. The minimum atomic E-state index is -0.627. The minimum absolute atomic E-state index is 0.0117. The van der Waals surface area contributed by atoms with Gasteiger partial charge in [-0.05, 0) is 30.4 Å². The molecule has 2 N–H and O–H groups in total. The van der Waals surface area contributed by atoms with Crippen molar-refractivity contribution in [3.63, 3.8) is 0 Å². The fourth-order valence-corrected chi connectivity index (χ4v) is 2.07. The van der Waals surface area contributed by atoms with Crippen LogP contribution >= 0.6 is 11.6 Å². The molecule has 0 spiro atoms. The molecule has 7 heteroatoms. The van der Waals surface area contributed by atoms with Gasteiger partial charge in [-0.25, -0.2) is 0 Å². The molecule has 0 aliphatic carbocycles. The summed E-state index contributed by atoms with van der Waals surface area (Å²) in [5, 5.41) is 22.7.